The molecule has 0 aliphatic carbocycles. The lowest BCUT2D eigenvalue weighted by Gasteiger charge is -2.34. The number of aromatic nitrogens is 3. The van der Waals surface area contributed by atoms with Gasteiger partial charge in [-0.3, -0.25) is 4.98 Å². The second-order valence-electron chi connectivity index (χ2n) is 5.39. The molecule has 2 aromatic heterocycles. The number of anilines is 2. The van der Waals surface area contributed by atoms with Crippen LogP contribution >= 0.6 is 0 Å². The summed E-state index contributed by atoms with van der Waals surface area (Å²) in [7, 11) is 0. The third kappa shape index (κ3) is 3.71. The number of hydrogen-bond donors (Lipinski definition) is 1. The van der Waals surface area contributed by atoms with E-state index in [1.807, 2.05) is 18.2 Å². The molecule has 2 aromatic rings. The Morgan fingerprint density at radius 2 is 1.86 bits per heavy atom. The van der Waals surface area contributed by atoms with Crippen molar-refractivity contribution < 1.29 is 0 Å². The Kier molecular flexibility index (Phi) is 4.80. The molecule has 3 heterocycles. The van der Waals surface area contributed by atoms with Gasteiger partial charge in [-0.25, -0.2) is 9.97 Å². The van der Waals surface area contributed by atoms with E-state index in [9.17, 15) is 0 Å². The number of likely N-dealkylation sites (N-methyl/N-ethyl adjacent to an activating group) is 1. The lowest BCUT2D eigenvalue weighted by molar-refractivity contribution is 0.270. The number of hydrogen-bond acceptors (Lipinski definition) is 6. The van der Waals surface area contributed by atoms with Crippen molar-refractivity contribution in [2.24, 2.45) is 0 Å². The van der Waals surface area contributed by atoms with Crippen LogP contribution in [0.25, 0.3) is 0 Å². The average Bonchev–Trinajstić information content (AvgIpc) is 2.61. The summed E-state index contributed by atoms with van der Waals surface area (Å²) in [6.45, 7) is 8.31. The largest absolute Gasteiger partial charge is 0.366 e. The molecule has 6 heteroatoms. The molecule has 0 unspecified atom stereocenters. The minimum Gasteiger partial charge on any atom is -0.366 e. The predicted octanol–water partition coefficient (Wildman–Crippen LogP) is 1.63. The van der Waals surface area contributed by atoms with E-state index in [0.29, 0.717) is 0 Å². The molecule has 1 saturated heterocycles. The fraction of sp³-hybridized carbons (Fsp3) is 0.438. The minimum absolute atomic E-state index is 0.739. The number of nitrogens with zero attached hydrogens (tertiary/aromatic N) is 5. The van der Waals surface area contributed by atoms with E-state index in [1.165, 1.54) is 5.56 Å². The van der Waals surface area contributed by atoms with E-state index in [2.05, 4.69) is 37.0 Å². The standard InChI is InChI=1S/C16H22N6/c1-2-21-7-9-22(10-8-21)16-11-15(19-13-20-16)18-12-14-3-5-17-6-4-14/h3-6,11,13H,2,7-10,12H2,1H3,(H,18,19,20). The molecule has 6 nitrogen and oxygen atoms in total. The lowest BCUT2D eigenvalue weighted by atomic mass is 10.2. The lowest BCUT2D eigenvalue weighted by Crippen LogP contribution is -2.46. The summed E-state index contributed by atoms with van der Waals surface area (Å²) in [5.74, 6) is 1.86. The highest BCUT2D eigenvalue weighted by atomic mass is 15.3. The Labute approximate surface area is 131 Å². The summed E-state index contributed by atoms with van der Waals surface area (Å²) in [6.07, 6.45) is 5.24. The van der Waals surface area contributed by atoms with Crippen LogP contribution in [-0.4, -0.2) is 52.6 Å². The van der Waals surface area contributed by atoms with Gasteiger partial charge in [0.1, 0.15) is 18.0 Å². The number of pyridine rings is 1. The average molecular weight is 298 g/mol. The highest BCUT2D eigenvalue weighted by Gasteiger charge is 2.17. The van der Waals surface area contributed by atoms with Crippen molar-refractivity contribution >= 4 is 11.6 Å². The predicted molar refractivity (Wildman–Crippen MR) is 87.9 cm³/mol. The molecule has 1 aliphatic rings. The van der Waals surface area contributed by atoms with Crippen molar-refractivity contribution in [3.05, 3.63) is 42.5 Å². The van der Waals surface area contributed by atoms with Crippen LogP contribution in [0.4, 0.5) is 11.6 Å². The van der Waals surface area contributed by atoms with E-state index in [0.717, 1.165) is 50.9 Å². The van der Waals surface area contributed by atoms with Gasteiger partial charge in [-0.05, 0) is 24.2 Å². The van der Waals surface area contributed by atoms with E-state index >= 15 is 0 Å². The zero-order valence-corrected chi connectivity index (χ0v) is 12.9. The molecule has 1 fully saturated rings. The molecule has 0 bridgehead atoms. The van der Waals surface area contributed by atoms with Gasteiger partial charge < -0.3 is 15.1 Å². The summed E-state index contributed by atoms with van der Waals surface area (Å²) in [4.78, 5) is 17.5. The zero-order chi connectivity index (χ0) is 15.2. The third-order valence-electron chi connectivity index (χ3n) is 4.02. The molecule has 0 atom stereocenters. The van der Waals surface area contributed by atoms with Crippen molar-refractivity contribution in [3.63, 3.8) is 0 Å². The van der Waals surface area contributed by atoms with Crippen LogP contribution in [0.5, 0.6) is 0 Å². The highest BCUT2D eigenvalue weighted by Crippen LogP contribution is 2.16. The molecule has 22 heavy (non-hydrogen) atoms. The Balaban J connectivity index is 1.60. The van der Waals surface area contributed by atoms with Gasteiger partial charge >= 0.3 is 0 Å². The van der Waals surface area contributed by atoms with E-state index in [4.69, 9.17) is 0 Å². The molecule has 1 aliphatic heterocycles. The Morgan fingerprint density at radius 3 is 2.59 bits per heavy atom. The monoisotopic (exact) mass is 298 g/mol. The quantitative estimate of drug-likeness (QED) is 0.905. The molecule has 0 amide bonds. The molecule has 1 N–H and O–H groups in total. The number of rotatable bonds is 5. The zero-order valence-electron chi connectivity index (χ0n) is 12.9. The van der Waals surface area contributed by atoms with Gasteiger partial charge in [0, 0.05) is 51.2 Å². The van der Waals surface area contributed by atoms with Crippen LogP contribution in [0.2, 0.25) is 0 Å². The van der Waals surface area contributed by atoms with Crippen LogP contribution in [0.3, 0.4) is 0 Å². The molecular weight excluding hydrogens is 276 g/mol. The molecular formula is C16H22N6. The van der Waals surface area contributed by atoms with E-state index in [-0.39, 0.29) is 0 Å². The van der Waals surface area contributed by atoms with Crippen LogP contribution < -0.4 is 10.2 Å². The third-order valence-corrected chi connectivity index (χ3v) is 4.02. The van der Waals surface area contributed by atoms with Crippen molar-refractivity contribution in [3.8, 4) is 0 Å². The molecule has 0 saturated carbocycles. The van der Waals surface area contributed by atoms with Gasteiger partial charge in [0.2, 0.25) is 0 Å². The van der Waals surface area contributed by atoms with Gasteiger partial charge in [0.15, 0.2) is 0 Å². The highest BCUT2D eigenvalue weighted by molar-refractivity contribution is 5.49. The van der Waals surface area contributed by atoms with Gasteiger partial charge in [-0.15, -0.1) is 0 Å². The first-order chi connectivity index (χ1) is 10.8. The van der Waals surface area contributed by atoms with Crippen LogP contribution in [0, 0.1) is 0 Å². The Hall–Kier alpha value is -2.21. The summed E-state index contributed by atoms with van der Waals surface area (Å²) in [5.41, 5.74) is 1.19. The summed E-state index contributed by atoms with van der Waals surface area (Å²) < 4.78 is 0. The number of nitrogens with one attached hydrogen (secondary N) is 1. The second-order valence-corrected chi connectivity index (χ2v) is 5.39. The Morgan fingerprint density at radius 1 is 1.09 bits per heavy atom. The topological polar surface area (TPSA) is 57.2 Å². The van der Waals surface area contributed by atoms with Gasteiger partial charge in [-0.1, -0.05) is 6.92 Å². The fourth-order valence-corrected chi connectivity index (χ4v) is 2.60. The van der Waals surface area contributed by atoms with E-state index in [1.54, 1.807) is 18.7 Å². The molecule has 116 valence electrons. The first-order valence-corrected chi connectivity index (χ1v) is 7.77. The van der Waals surface area contributed by atoms with E-state index < -0.39 is 0 Å². The maximum Gasteiger partial charge on any atom is 0.134 e. The molecule has 3 rings (SSSR count). The van der Waals surface area contributed by atoms with Crippen LogP contribution in [0.15, 0.2) is 36.9 Å². The van der Waals surface area contributed by atoms with Crippen molar-refractivity contribution in [2.45, 2.75) is 13.5 Å². The summed E-state index contributed by atoms with van der Waals surface area (Å²) >= 11 is 0. The Bertz CT molecular complexity index is 580. The SMILES string of the molecule is CCN1CCN(c2cc(NCc3ccncc3)ncn2)CC1. The van der Waals surface area contributed by atoms with Crippen molar-refractivity contribution in [1.29, 1.82) is 0 Å². The van der Waals surface area contributed by atoms with Crippen molar-refractivity contribution in [2.75, 3.05) is 42.9 Å². The maximum atomic E-state index is 4.42. The van der Waals surface area contributed by atoms with Gasteiger partial charge in [-0.2, -0.15) is 0 Å². The summed E-state index contributed by atoms with van der Waals surface area (Å²) in [5, 5.41) is 3.34. The number of piperazine rings is 1. The first kappa shape index (κ1) is 14.7. The van der Waals surface area contributed by atoms with Gasteiger partial charge in [0.05, 0.1) is 0 Å². The van der Waals surface area contributed by atoms with Crippen molar-refractivity contribution in [1.82, 2.24) is 19.9 Å². The molecule has 0 radical (unpaired) electrons. The normalized spacial score (nSPS) is 15.8. The fourth-order valence-electron chi connectivity index (χ4n) is 2.60. The molecule has 0 spiro atoms. The summed E-state index contributed by atoms with van der Waals surface area (Å²) in [6, 6.07) is 6.03. The maximum absolute atomic E-state index is 4.42. The smallest absolute Gasteiger partial charge is 0.134 e. The van der Waals surface area contributed by atoms with Crippen LogP contribution in [-0.2, 0) is 6.54 Å². The minimum atomic E-state index is 0.739. The molecule has 0 aromatic carbocycles. The first-order valence-electron chi connectivity index (χ1n) is 7.77. The van der Waals surface area contributed by atoms with Gasteiger partial charge in [0.25, 0.3) is 0 Å². The second kappa shape index (κ2) is 7.17. The van der Waals surface area contributed by atoms with Crippen LogP contribution in [0.1, 0.15) is 12.5 Å².